The summed E-state index contributed by atoms with van der Waals surface area (Å²) in [6, 6.07) is 52.1. The van der Waals surface area contributed by atoms with Crippen molar-refractivity contribution in [3.05, 3.63) is 182 Å². The van der Waals surface area contributed by atoms with E-state index in [0.717, 1.165) is 60.9 Å². The number of benzene rings is 6. The Morgan fingerprint density at radius 1 is 0.540 bits per heavy atom. The highest BCUT2D eigenvalue weighted by Crippen LogP contribution is 2.40. The van der Waals surface area contributed by atoms with Crippen LogP contribution in [-0.2, 0) is 0 Å². The van der Waals surface area contributed by atoms with Crippen molar-refractivity contribution in [2.45, 2.75) is 0 Å². The summed E-state index contributed by atoms with van der Waals surface area (Å²) < 4.78 is 24.6. The number of rotatable bonds is 7. The molecule has 0 aliphatic heterocycles. The average molecular weight is 649 g/mol. The van der Waals surface area contributed by atoms with Gasteiger partial charge in [-0.2, -0.15) is 5.10 Å². The Balaban J connectivity index is 1.09. The smallest absolute Gasteiger partial charge is 0.140 e. The standard InChI is InChI=1S/C44H29FN4O/c45-33-23-24-46-43(25-33)49-41-20-8-7-17-39(41)40-22-21-36(27-42(40)49)50-35-16-9-15-34(26-35)48-29-32(28-47-48)44-37(30-11-3-1-4-12-30)18-10-19-38(44)31-13-5-2-6-14-31/h1-29H. The fraction of sp³-hybridized carbons (Fsp3) is 0. The van der Waals surface area contributed by atoms with Crippen molar-refractivity contribution in [1.29, 1.82) is 0 Å². The Kier molecular flexibility index (Phi) is 7.25. The molecule has 0 saturated heterocycles. The number of para-hydroxylation sites is 1. The molecule has 0 amide bonds. The maximum Gasteiger partial charge on any atom is 0.140 e. The molecule has 5 nitrogen and oxygen atoms in total. The quantitative estimate of drug-likeness (QED) is 0.173. The molecule has 0 unspecified atom stereocenters. The first-order chi connectivity index (χ1) is 24.7. The van der Waals surface area contributed by atoms with Crippen LogP contribution in [0.3, 0.4) is 0 Å². The fourth-order valence-corrected chi connectivity index (χ4v) is 6.78. The molecule has 0 N–H and O–H groups in total. The highest BCUT2D eigenvalue weighted by Gasteiger charge is 2.17. The number of halogens is 1. The predicted octanol–water partition coefficient (Wildman–Crippen LogP) is 11.3. The Hall–Kier alpha value is -6.79. The van der Waals surface area contributed by atoms with E-state index in [4.69, 9.17) is 9.84 Å². The first kappa shape index (κ1) is 29.4. The van der Waals surface area contributed by atoms with E-state index in [1.807, 2.05) is 88.2 Å². The van der Waals surface area contributed by atoms with Gasteiger partial charge in [-0.05, 0) is 58.7 Å². The zero-order chi connectivity index (χ0) is 33.4. The van der Waals surface area contributed by atoms with Crippen molar-refractivity contribution in [3.8, 4) is 56.4 Å². The number of ether oxygens (including phenoxy) is 1. The Labute approximate surface area is 288 Å². The highest BCUT2D eigenvalue weighted by atomic mass is 19.1. The molecular formula is C44H29FN4O. The minimum Gasteiger partial charge on any atom is -0.457 e. The molecule has 0 fully saturated rings. The van der Waals surface area contributed by atoms with Gasteiger partial charge in [-0.1, -0.05) is 103 Å². The SMILES string of the molecule is Fc1ccnc(-n2c3ccccc3c3ccc(Oc4cccc(-n5cc(-c6c(-c7ccccc7)cccc6-c6ccccc6)cn5)c4)cc32)c1. The second-order valence-electron chi connectivity index (χ2n) is 12.1. The summed E-state index contributed by atoms with van der Waals surface area (Å²) in [4.78, 5) is 4.48. The topological polar surface area (TPSA) is 44.9 Å². The van der Waals surface area contributed by atoms with Crippen LogP contribution in [0.4, 0.5) is 4.39 Å². The van der Waals surface area contributed by atoms with Crippen LogP contribution < -0.4 is 4.74 Å². The van der Waals surface area contributed by atoms with E-state index in [9.17, 15) is 4.39 Å². The van der Waals surface area contributed by atoms with Crippen LogP contribution >= 0.6 is 0 Å². The lowest BCUT2D eigenvalue weighted by molar-refractivity contribution is 0.483. The third kappa shape index (κ3) is 5.29. The van der Waals surface area contributed by atoms with Crippen molar-refractivity contribution < 1.29 is 9.13 Å². The molecule has 0 aliphatic rings. The lowest BCUT2D eigenvalue weighted by Gasteiger charge is -2.15. The van der Waals surface area contributed by atoms with Crippen molar-refractivity contribution in [1.82, 2.24) is 19.3 Å². The van der Waals surface area contributed by atoms with E-state index < -0.39 is 0 Å². The second-order valence-corrected chi connectivity index (χ2v) is 12.1. The maximum atomic E-state index is 14.3. The number of fused-ring (bicyclic) bond motifs is 3. The average Bonchev–Trinajstić information content (AvgIpc) is 3.79. The molecule has 0 radical (unpaired) electrons. The largest absolute Gasteiger partial charge is 0.457 e. The molecule has 0 atom stereocenters. The van der Waals surface area contributed by atoms with Crippen molar-refractivity contribution in [2.24, 2.45) is 0 Å². The first-order valence-electron chi connectivity index (χ1n) is 16.4. The Morgan fingerprint density at radius 2 is 1.22 bits per heavy atom. The third-order valence-electron chi connectivity index (χ3n) is 9.01. The van der Waals surface area contributed by atoms with Crippen LogP contribution in [0.2, 0.25) is 0 Å². The molecule has 9 aromatic rings. The molecule has 0 aliphatic carbocycles. The van der Waals surface area contributed by atoms with E-state index >= 15 is 0 Å². The van der Waals surface area contributed by atoms with Gasteiger partial charge in [0, 0.05) is 52.5 Å². The lowest BCUT2D eigenvalue weighted by atomic mass is 9.89. The summed E-state index contributed by atoms with van der Waals surface area (Å²) in [7, 11) is 0. The summed E-state index contributed by atoms with van der Waals surface area (Å²) in [6.45, 7) is 0. The molecule has 50 heavy (non-hydrogen) atoms. The van der Waals surface area contributed by atoms with Gasteiger partial charge in [0.05, 0.1) is 22.9 Å². The van der Waals surface area contributed by atoms with Crippen LogP contribution in [0.15, 0.2) is 176 Å². The van der Waals surface area contributed by atoms with Gasteiger partial charge in [0.25, 0.3) is 0 Å². The number of hydrogen-bond donors (Lipinski definition) is 0. The van der Waals surface area contributed by atoms with Gasteiger partial charge < -0.3 is 4.74 Å². The molecule has 0 bridgehead atoms. The third-order valence-corrected chi connectivity index (χ3v) is 9.01. The van der Waals surface area contributed by atoms with Crippen LogP contribution in [0.25, 0.3) is 66.7 Å². The highest BCUT2D eigenvalue weighted by molar-refractivity contribution is 6.09. The minimum absolute atomic E-state index is 0.341. The van der Waals surface area contributed by atoms with Gasteiger partial charge in [0.15, 0.2) is 0 Å². The first-order valence-corrected chi connectivity index (χ1v) is 16.4. The van der Waals surface area contributed by atoms with Crippen LogP contribution in [0.1, 0.15) is 0 Å². The van der Waals surface area contributed by atoms with Gasteiger partial charge in [0.1, 0.15) is 23.1 Å². The number of aromatic nitrogens is 4. The number of pyridine rings is 1. The molecular weight excluding hydrogens is 620 g/mol. The molecule has 6 heteroatoms. The van der Waals surface area contributed by atoms with Crippen LogP contribution in [0.5, 0.6) is 11.5 Å². The van der Waals surface area contributed by atoms with E-state index in [1.54, 1.807) is 0 Å². The van der Waals surface area contributed by atoms with E-state index in [1.165, 1.54) is 18.3 Å². The van der Waals surface area contributed by atoms with Gasteiger partial charge in [-0.3, -0.25) is 4.57 Å². The van der Waals surface area contributed by atoms with E-state index in [2.05, 4.69) is 84.0 Å². The zero-order valence-corrected chi connectivity index (χ0v) is 26.8. The maximum absolute atomic E-state index is 14.3. The molecule has 3 aromatic heterocycles. The summed E-state index contributed by atoms with van der Waals surface area (Å²) in [5, 5.41) is 6.90. The molecule has 3 heterocycles. The van der Waals surface area contributed by atoms with E-state index in [-0.39, 0.29) is 5.82 Å². The fourth-order valence-electron chi connectivity index (χ4n) is 6.78. The second kappa shape index (κ2) is 12.3. The predicted molar refractivity (Wildman–Crippen MR) is 198 cm³/mol. The van der Waals surface area contributed by atoms with E-state index in [0.29, 0.717) is 17.3 Å². The van der Waals surface area contributed by atoms with Crippen LogP contribution in [0, 0.1) is 5.82 Å². The summed E-state index contributed by atoms with van der Waals surface area (Å²) in [5.74, 6) is 1.49. The monoisotopic (exact) mass is 648 g/mol. The molecule has 238 valence electrons. The van der Waals surface area contributed by atoms with Gasteiger partial charge in [-0.15, -0.1) is 0 Å². The number of hydrogen-bond acceptors (Lipinski definition) is 3. The molecule has 6 aromatic carbocycles. The van der Waals surface area contributed by atoms with Crippen molar-refractivity contribution >= 4 is 21.8 Å². The van der Waals surface area contributed by atoms with Crippen LogP contribution in [-0.4, -0.2) is 19.3 Å². The lowest BCUT2D eigenvalue weighted by Crippen LogP contribution is -1.98. The van der Waals surface area contributed by atoms with Crippen molar-refractivity contribution in [2.75, 3.05) is 0 Å². The Morgan fingerprint density at radius 3 is 1.98 bits per heavy atom. The minimum atomic E-state index is -0.341. The molecule has 9 rings (SSSR count). The van der Waals surface area contributed by atoms with Crippen molar-refractivity contribution in [3.63, 3.8) is 0 Å². The van der Waals surface area contributed by atoms with Gasteiger partial charge in [0.2, 0.25) is 0 Å². The molecule has 0 spiro atoms. The summed E-state index contributed by atoms with van der Waals surface area (Å²) in [5.41, 5.74) is 9.40. The normalized spacial score (nSPS) is 11.3. The Bertz CT molecular complexity index is 2590. The van der Waals surface area contributed by atoms with Gasteiger partial charge in [-0.25, -0.2) is 14.1 Å². The molecule has 0 saturated carbocycles. The zero-order valence-electron chi connectivity index (χ0n) is 26.8. The van der Waals surface area contributed by atoms with Gasteiger partial charge >= 0.3 is 0 Å². The summed E-state index contributed by atoms with van der Waals surface area (Å²) >= 11 is 0. The number of nitrogens with zero attached hydrogens (tertiary/aromatic N) is 4. The summed E-state index contributed by atoms with van der Waals surface area (Å²) in [6.07, 6.45) is 5.49.